The number of aromatic amines is 1. The Labute approximate surface area is 204 Å². The summed E-state index contributed by atoms with van der Waals surface area (Å²) >= 11 is 0. The molecule has 1 heterocycles. The van der Waals surface area contributed by atoms with E-state index in [4.69, 9.17) is 16.2 Å². The van der Waals surface area contributed by atoms with Gasteiger partial charge in [-0.05, 0) is 33.1 Å². The molecule has 0 saturated heterocycles. The Hall–Kier alpha value is -3.48. The largest absolute Gasteiger partial charge is 0.459 e. The lowest BCUT2D eigenvalue weighted by Gasteiger charge is -2.25. The first kappa shape index (κ1) is 29.6. The van der Waals surface area contributed by atoms with E-state index >= 15 is 0 Å². The Morgan fingerprint density at radius 2 is 1.69 bits per heavy atom. The van der Waals surface area contributed by atoms with E-state index in [0.717, 1.165) is 0 Å². The topological polar surface area (TPSA) is 211 Å². The summed E-state index contributed by atoms with van der Waals surface area (Å²) in [5, 5.41) is 7.39. The molecule has 4 amide bonds. The predicted octanol–water partition coefficient (Wildman–Crippen LogP) is -1.37. The van der Waals surface area contributed by atoms with Gasteiger partial charge >= 0.3 is 5.97 Å². The van der Waals surface area contributed by atoms with Crippen molar-refractivity contribution >= 4 is 29.6 Å². The standard InChI is InChI=1S/C22H37N7O6/c1-12(2)6-15(20(33)26-10-18(31)35-22(3,4)5)29-21(34)16(8-17(24)30)28-19(32)14(23)7-13-9-25-11-27-13/h9,11-12,14-16H,6-8,10,23H2,1-5H3,(H2,24,30)(H,25,27)(H,26,33)(H,28,32)(H,29,34). The van der Waals surface area contributed by atoms with E-state index in [-0.39, 0.29) is 25.3 Å². The lowest BCUT2D eigenvalue weighted by Crippen LogP contribution is -2.57. The van der Waals surface area contributed by atoms with Gasteiger partial charge in [-0.15, -0.1) is 0 Å². The van der Waals surface area contributed by atoms with E-state index in [1.807, 2.05) is 13.8 Å². The number of ether oxygens (including phenoxy) is 1. The van der Waals surface area contributed by atoms with Gasteiger partial charge in [0.15, 0.2) is 0 Å². The van der Waals surface area contributed by atoms with Crippen molar-refractivity contribution in [3.63, 3.8) is 0 Å². The number of nitrogens with two attached hydrogens (primary N) is 2. The van der Waals surface area contributed by atoms with Crippen LogP contribution in [0.4, 0.5) is 0 Å². The maximum atomic E-state index is 12.9. The number of esters is 1. The van der Waals surface area contributed by atoms with Crippen LogP contribution in [0.15, 0.2) is 12.5 Å². The van der Waals surface area contributed by atoms with Crippen molar-refractivity contribution in [3.05, 3.63) is 18.2 Å². The number of amides is 4. The van der Waals surface area contributed by atoms with Crippen LogP contribution in [-0.2, 0) is 35.1 Å². The lowest BCUT2D eigenvalue weighted by atomic mass is 10.0. The van der Waals surface area contributed by atoms with Gasteiger partial charge in [-0.2, -0.15) is 0 Å². The molecule has 0 radical (unpaired) electrons. The molecule has 1 aromatic heterocycles. The molecule has 0 saturated carbocycles. The maximum Gasteiger partial charge on any atom is 0.325 e. The first-order valence-corrected chi connectivity index (χ1v) is 11.3. The number of rotatable bonds is 13. The molecule has 1 rings (SSSR count). The Morgan fingerprint density at radius 1 is 1.06 bits per heavy atom. The summed E-state index contributed by atoms with van der Waals surface area (Å²) in [5.74, 6) is -3.55. The Morgan fingerprint density at radius 3 is 2.20 bits per heavy atom. The summed E-state index contributed by atoms with van der Waals surface area (Å²) in [6, 6.07) is -3.40. The van der Waals surface area contributed by atoms with Crippen LogP contribution in [0, 0.1) is 5.92 Å². The van der Waals surface area contributed by atoms with Gasteiger partial charge in [0.05, 0.1) is 18.8 Å². The third kappa shape index (κ3) is 12.0. The Kier molecular flexibility index (Phi) is 11.3. The normalized spacial score (nSPS) is 13.9. The summed E-state index contributed by atoms with van der Waals surface area (Å²) in [7, 11) is 0. The van der Waals surface area contributed by atoms with Crippen LogP contribution in [0.3, 0.4) is 0 Å². The van der Waals surface area contributed by atoms with Crippen LogP contribution >= 0.6 is 0 Å². The van der Waals surface area contributed by atoms with Crippen molar-refractivity contribution in [2.45, 2.75) is 77.6 Å². The molecule has 0 fully saturated rings. The monoisotopic (exact) mass is 495 g/mol. The first-order chi connectivity index (χ1) is 16.2. The number of aromatic nitrogens is 2. The molecule has 3 unspecified atom stereocenters. The molecule has 0 aliphatic carbocycles. The third-order valence-electron chi connectivity index (χ3n) is 4.54. The Balaban J connectivity index is 2.84. The number of hydrogen-bond donors (Lipinski definition) is 6. The zero-order valence-electron chi connectivity index (χ0n) is 20.8. The van der Waals surface area contributed by atoms with E-state index in [9.17, 15) is 24.0 Å². The number of imidazole rings is 1. The van der Waals surface area contributed by atoms with Crippen LogP contribution in [0.5, 0.6) is 0 Å². The average Bonchev–Trinajstić information content (AvgIpc) is 3.21. The number of hydrogen-bond acceptors (Lipinski definition) is 8. The molecule has 13 heteroatoms. The summed E-state index contributed by atoms with van der Waals surface area (Å²) in [4.78, 5) is 68.2. The fraction of sp³-hybridized carbons (Fsp3) is 0.636. The number of carbonyl (C=O) groups is 5. The highest BCUT2D eigenvalue weighted by Crippen LogP contribution is 2.08. The van der Waals surface area contributed by atoms with Crippen LogP contribution < -0.4 is 27.4 Å². The van der Waals surface area contributed by atoms with Gasteiger partial charge < -0.3 is 37.1 Å². The maximum absolute atomic E-state index is 12.9. The first-order valence-electron chi connectivity index (χ1n) is 11.3. The van der Waals surface area contributed by atoms with E-state index in [2.05, 4.69) is 25.9 Å². The molecular weight excluding hydrogens is 458 g/mol. The van der Waals surface area contributed by atoms with Crippen molar-refractivity contribution < 1.29 is 28.7 Å². The molecule has 0 aliphatic rings. The summed E-state index contributed by atoms with van der Waals surface area (Å²) in [6.45, 7) is 8.40. The van der Waals surface area contributed by atoms with Gasteiger partial charge in [0, 0.05) is 18.3 Å². The van der Waals surface area contributed by atoms with Crippen LogP contribution in [-0.4, -0.2) is 69.8 Å². The highest BCUT2D eigenvalue weighted by Gasteiger charge is 2.30. The summed E-state index contributed by atoms with van der Waals surface area (Å²) in [5.41, 5.74) is 11.0. The second-order valence-corrected chi connectivity index (χ2v) is 9.61. The van der Waals surface area contributed by atoms with Gasteiger partial charge in [0.25, 0.3) is 0 Å². The average molecular weight is 496 g/mol. The number of nitrogens with one attached hydrogen (secondary N) is 4. The summed E-state index contributed by atoms with van der Waals surface area (Å²) in [6.07, 6.45) is 2.81. The van der Waals surface area contributed by atoms with E-state index in [1.165, 1.54) is 12.5 Å². The van der Waals surface area contributed by atoms with Crippen molar-refractivity contribution in [3.8, 4) is 0 Å². The van der Waals surface area contributed by atoms with Gasteiger partial charge in [0.1, 0.15) is 24.2 Å². The molecule has 0 spiro atoms. The predicted molar refractivity (Wildman–Crippen MR) is 126 cm³/mol. The smallest absolute Gasteiger partial charge is 0.325 e. The van der Waals surface area contributed by atoms with Gasteiger partial charge in [-0.3, -0.25) is 24.0 Å². The highest BCUT2D eigenvalue weighted by molar-refractivity contribution is 5.96. The zero-order chi connectivity index (χ0) is 26.8. The fourth-order valence-corrected chi connectivity index (χ4v) is 3.05. The number of carbonyl (C=O) groups excluding carboxylic acids is 5. The lowest BCUT2D eigenvalue weighted by molar-refractivity contribution is -0.154. The van der Waals surface area contributed by atoms with Crippen molar-refractivity contribution in [2.24, 2.45) is 17.4 Å². The molecule has 8 N–H and O–H groups in total. The SMILES string of the molecule is CC(C)CC(NC(=O)C(CC(N)=O)NC(=O)C(N)Cc1cnc[nH]1)C(=O)NCC(=O)OC(C)(C)C. The van der Waals surface area contributed by atoms with Crippen molar-refractivity contribution in [2.75, 3.05) is 6.54 Å². The minimum atomic E-state index is -1.35. The highest BCUT2D eigenvalue weighted by atomic mass is 16.6. The number of primary amides is 1. The second kappa shape index (κ2) is 13.4. The van der Waals surface area contributed by atoms with Gasteiger partial charge in [-0.1, -0.05) is 13.8 Å². The van der Waals surface area contributed by atoms with E-state index < -0.39 is 59.7 Å². The quantitative estimate of drug-likeness (QED) is 0.179. The Bertz CT molecular complexity index is 879. The molecular formula is C22H37N7O6. The van der Waals surface area contributed by atoms with Gasteiger partial charge in [0.2, 0.25) is 23.6 Å². The molecule has 0 bridgehead atoms. The molecule has 13 nitrogen and oxygen atoms in total. The zero-order valence-corrected chi connectivity index (χ0v) is 20.8. The van der Waals surface area contributed by atoms with Crippen LogP contribution in [0.25, 0.3) is 0 Å². The van der Waals surface area contributed by atoms with Crippen molar-refractivity contribution in [1.29, 1.82) is 0 Å². The molecule has 1 aromatic rings. The summed E-state index contributed by atoms with van der Waals surface area (Å²) < 4.78 is 5.16. The minimum absolute atomic E-state index is 0.000384. The van der Waals surface area contributed by atoms with E-state index in [0.29, 0.717) is 5.69 Å². The van der Waals surface area contributed by atoms with Crippen LogP contribution in [0.2, 0.25) is 0 Å². The molecule has 196 valence electrons. The minimum Gasteiger partial charge on any atom is -0.459 e. The number of H-pyrrole nitrogens is 1. The third-order valence-corrected chi connectivity index (χ3v) is 4.54. The molecule has 3 atom stereocenters. The molecule has 35 heavy (non-hydrogen) atoms. The van der Waals surface area contributed by atoms with E-state index in [1.54, 1.807) is 20.8 Å². The van der Waals surface area contributed by atoms with Gasteiger partial charge in [-0.25, -0.2) is 4.98 Å². The molecule has 0 aliphatic heterocycles. The van der Waals surface area contributed by atoms with Crippen molar-refractivity contribution in [1.82, 2.24) is 25.9 Å². The molecule has 0 aromatic carbocycles. The fourth-order valence-electron chi connectivity index (χ4n) is 3.05. The van der Waals surface area contributed by atoms with Crippen LogP contribution in [0.1, 0.15) is 53.2 Å². The number of nitrogens with zero attached hydrogens (tertiary/aromatic N) is 1. The second-order valence-electron chi connectivity index (χ2n) is 9.61.